The summed E-state index contributed by atoms with van der Waals surface area (Å²) in [5.41, 5.74) is 1.97. The van der Waals surface area contributed by atoms with Gasteiger partial charge in [-0.25, -0.2) is 4.39 Å². The minimum atomic E-state index is -0.0719. The third-order valence-electron chi connectivity index (χ3n) is 4.42. The molecule has 1 aromatic carbocycles. The molecule has 0 heterocycles. The van der Waals surface area contributed by atoms with Gasteiger partial charge in [0.25, 0.3) is 0 Å². The number of benzene rings is 1. The lowest BCUT2D eigenvalue weighted by molar-refractivity contribution is 0.537. The summed E-state index contributed by atoms with van der Waals surface area (Å²) in [4.78, 5) is 2.48. The van der Waals surface area contributed by atoms with Crippen molar-refractivity contribution in [3.63, 3.8) is 0 Å². The Bertz CT molecular complexity index is 466. The van der Waals surface area contributed by atoms with Crippen molar-refractivity contribution in [1.29, 1.82) is 0 Å². The molecular formula is C17H25FN2. The van der Waals surface area contributed by atoms with Gasteiger partial charge in [0.05, 0.1) is 0 Å². The Morgan fingerprint density at radius 3 is 2.65 bits per heavy atom. The zero-order valence-corrected chi connectivity index (χ0v) is 12.5. The highest BCUT2D eigenvalue weighted by molar-refractivity contribution is 5.57. The van der Waals surface area contributed by atoms with Crippen LogP contribution in [0, 0.1) is 11.7 Å². The van der Waals surface area contributed by atoms with E-state index in [-0.39, 0.29) is 11.9 Å². The predicted octanol–water partition coefficient (Wildman–Crippen LogP) is 3.88. The van der Waals surface area contributed by atoms with Gasteiger partial charge >= 0.3 is 0 Å². The zero-order valence-electron chi connectivity index (χ0n) is 12.5. The molecule has 0 amide bonds. The Morgan fingerprint density at radius 2 is 2.05 bits per heavy atom. The van der Waals surface area contributed by atoms with Crippen molar-refractivity contribution in [3.8, 4) is 0 Å². The first-order valence-electron chi connectivity index (χ1n) is 7.99. The molecule has 2 aliphatic carbocycles. The molecule has 1 aromatic rings. The van der Waals surface area contributed by atoms with E-state index in [0.717, 1.165) is 30.3 Å². The molecule has 3 heteroatoms. The monoisotopic (exact) mass is 276 g/mol. The third kappa shape index (κ3) is 2.98. The average molecular weight is 276 g/mol. The molecule has 20 heavy (non-hydrogen) atoms. The van der Waals surface area contributed by atoms with Crippen LogP contribution in [-0.2, 0) is 0 Å². The fraction of sp³-hybridized carbons (Fsp3) is 0.647. The van der Waals surface area contributed by atoms with Crippen molar-refractivity contribution in [2.45, 2.75) is 51.6 Å². The van der Waals surface area contributed by atoms with E-state index in [9.17, 15) is 4.39 Å². The lowest BCUT2D eigenvalue weighted by Gasteiger charge is -2.29. The summed E-state index contributed by atoms with van der Waals surface area (Å²) in [6, 6.07) is 6.26. The van der Waals surface area contributed by atoms with Gasteiger partial charge in [-0.2, -0.15) is 0 Å². The number of nitrogens with zero attached hydrogens (tertiary/aromatic N) is 1. The smallest absolute Gasteiger partial charge is 0.130 e. The molecule has 2 fully saturated rings. The zero-order chi connectivity index (χ0) is 14.1. The quantitative estimate of drug-likeness (QED) is 0.813. The second-order valence-electron chi connectivity index (χ2n) is 6.28. The molecule has 1 atom stereocenters. The molecule has 0 bridgehead atoms. The van der Waals surface area contributed by atoms with Crippen LogP contribution in [0.25, 0.3) is 0 Å². The van der Waals surface area contributed by atoms with Crippen LogP contribution < -0.4 is 10.2 Å². The Kier molecular flexibility index (Phi) is 3.97. The standard InChI is InChI=1S/C17H25FN2/c1-3-19-12(2)17-15(18)5-4-6-16(17)20(14-9-10-14)11-13-7-8-13/h4-6,12-14,19H,3,7-11H2,1-2H3. The maximum atomic E-state index is 14.4. The van der Waals surface area contributed by atoms with E-state index in [0.29, 0.717) is 6.04 Å². The second-order valence-corrected chi connectivity index (χ2v) is 6.28. The van der Waals surface area contributed by atoms with Crippen molar-refractivity contribution < 1.29 is 4.39 Å². The molecule has 0 saturated heterocycles. The Balaban J connectivity index is 1.91. The summed E-state index contributed by atoms with van der Waals surface area (Å²) in [6.45, 7) is 6.11. The van der Waals surface area contributed by atoms with E-state index in [4.69, 9.17) is 0 Å². The van der Waals surface area contributed by atoms with E-state index < -0.39 is 0 Å². The van der Waals surface area contributed by atoms with E-state index in [2.05, 4.69) is 30.1 Å². The molecule has 3 rings (SSSR count). The molecule has 0 aliphatic heterocycles. The van der Waals surface area contributed by atoms with E-state index >= 15 is 0 Å². The van der Waals surface area contributed by atoms with Crippen molar-refractivity contribution in [3.05, 3.63) is 29.6 Å². The van der Waals surface area contributed by atoms with Crippen LogP contribution in [0.3, 0.4) is 0 Å². The van der Waals surface area contributed by atoms with Crippen LogP contribution in [0.2, 0.25) is 0 Å². The van der Waals surface area contributed by atoms with Gasteiger partial charge in [-0.15, -0.1) is 0 Å². The molecule has 0 aromatic heterocycles. The minimum absolute atomic E-state index is 0.0663. The maximum absolute atomic E-state index is 14.4. The average Bonchev–Trinajstić information content (AvgIpc) is 3.28. The van der Waals surface area contributed by atoms with Gasteiger partial charge in [-0.1, -0.05) is 13.0 Å². The van der Waals surface area contributed by atoms with Gasteiger partial charge in [-0.3, -0.25) is 0 Å². The number of hydrogen-bond donors (Lipinski definition) is 1. The summed E-state index contributed by atoms with van der Waals surface area (Å²) < 4.78 is 14.4. The van der Waals surface area contributed by atoms with E-state index in [1.807, 2.05) is 6.07 Å². The van der Waals surface area contributed by atoms with Crippen LogP contribution in [0.15, 0.2) is 18.2 Å². The van der Waals surface area contributed by atoms with Crippen LogP contribution in [-0.4, -0.2) is 19.1 Å². The van der Waals surface area contributed by atoms with Crippen molar-refractivity contribution in [2.75, 3.05) is 18.0 Å². The predicted molar refractivity (Wildman–Crippen MR) is 81.6 cm³/mol. The molecule has 2 saturated carbocycles. The largest absolute Gasteiger partial charge is 0.368 e. The van der Waals surface area contributed by atoms with E-state index in [1.165, 1.54) is 25.7 Å². The van der Waals surface area contributed by atoms with Gasteiger partial charge in [0, 0.05) is 29.9 Å². The van der Waals surface area contributed by atoms with Crippen LogP contribution in [0.1, 0.15) is 51.1 Å². The SMILES string of the molecule is CCNC(C)c1c(F)cccc1N(CC1CC1)C1CC1. The first-order chi connectivity index (χ1) is 9.70. The normalized spacial score (nSPS) is 19.9. The number of rotatable bonds is 7. The first-order valence-corrected chi connectivity index (χ1v) is 7.99. The van der Waals surface area contributed by atoms with Crippen LogP contribution in [0.4, 0.5) is 10.1 Å². The number of halogens is 1. The molecular weight excluding hydrogens is 251 g/mol. The summed E-state index contributed by atoms with van der Waals surface area (Å²) in [7, 11) is 0. The summed E-state index contributed by atoms with van der Waals surface area (Å²) in [6.07, 6.45) is 5.21. The second kappa shape index (κ2) is 5.72. The third-order valence-corrected chi connectivity index (χ3v) is 4.42. The molecule has 2 nitrogen and oxygen atoms in total. The molecule has 1 unspecified atom stereocenters. The van der Waals surface area contributed by atoms with Gasteiger partial charge < -0.3 is 10.2 Å². The summed E-state index contributed by atoms with van der Waals surface area (Å²) >= 11 is 0. The summed E-state index contributed by atoms with van der Waals surface area (Å²) in [5.74, 6) is 0.763. The first kappa shape index (κ1) is 13.9. The number of hydrogen-bond acceptors (Lipinski definition) is 2. The fourth-order valence-corrected chi connectivity index (χ4v) is 3.02. The Morgan fingerprint density at radius 1 is 1.30 bits per heavy atom. The molecule has 0 spiro atoms. The number of anilines is 1. The van der Waals surface area contributed by atoms with Crippen molar-refractivity contribution >= 4 is 5.69 Å². The summed E-state index contributed by atoms with van der Waals surface area (Å²) in [5, 5.41) is 3.36. The topological polar surface area (TPSA) is 15.3 Å². The van der Waals surface area contributed by atoms with E-state index in [1.54, 1.807) is 6.07 Å². The molecule has 0 radical (unpaired) electrons. The fourth-order valence-electron chi connectivity index (χ4n) is 3.02. The highest BCUT2D eigenvalue weighted by atomic mass is 19.1. The molecule has 1 N–H and O–H groups in total. The van der Waals surface area contributed by atoms with Gasteiger partial charge in [0.15, 0.2) is 0 Å². The van der Waals surface area contributed by atoms with Crippen molar-refractivity contribution in [1.82, 2.24) is 5.32 Å². The van der Waals surface area contributed by atoms with Crippen molar-refractivity contribution in [2.24, 2.45) is 5.92 Å². The highest BCUT2D eigenvalue weighted by Gasteiger charge is 2.35. The molecule has 2 aliphatic rings. The van der Waals surface area contributed by atoms with Crippen LogP contribution >= 0.6 is 0 Å². The van der Waals surface area contributed by atoms with Crippen LogP contribution in [0.5, 0.6) is 0 Å². The van der Waals surface area contributed by atoms with Gasteiger partial charge in [0.1, 0.15) is 5.82 Å². The van der Waals surface area contributed by atoms with Gasteiger partial charge in [0.2, 0.25) is 0 Å². The lowest BCUT2D eigenvalue weighted by atomic mass is 10.0. The Labute approximate surface area is 121 Å². The highest BCUT2D eigenvalue weighted by Crippen LogP contribution is 2.40. The molecule has 110 valence electrons. The number of nitrogens with one attached hydrogen (secondary N) is 1. The lowest BCUT2D eigenvalue weighted by Crippen LogP contribution is -2.31. The Hall–Kier alpha value is -1.09. The minimum Gasteiger partial charge on any atom is -0.368 e. The maximum Gasteiger partial charge on any atom is 0.130 e. The van der Waals surface area contributed by atoms with Gasteiger partial charge in [-0.05, 0) is 57.2 Å².